The monoisotopic (exact) mass is 253 g/mol. The van der Waals surface area contributed by atoms with Gasteiger partial charge in [0.25, 0.3) is 0 Å². The zero-order chi connectivity index (χ0) is 12.1. The van der Waals surface area contributed by atoms with E-state index in [-0.39, 0.29) is 6.10 Å². The normalized spacial score (nSPS) is 25.3. The Morgan fingerprint density at radius 1 is 1.12 bits per heavy atom. The summed E-state index contributed by atoms with van der Waals surface area (Å²) in [6.07, 6.45) is 6.40. The van der Waals surface area contributed by atoms with Crippen LogP contribution in [0.2, 0.25) is 5.02 Å². The van der Waals surface area contributed by atoms with Crippen LogP contribution >= 0.6 is 11.6 Å². The number of benzene rings is 1. The lowest BCUT2D eigenvalue weighted by Crippen LogP contribution is -2.31. The van der Waals surface area contributed by atoms with E-state index in [2.05, 4.69) is 0 Å². The predicted molar refractivity (Wildman–Crippen MR) is 71.5 cm³/mol. The molecular formula is C14H20ClNO. The van der Waals surface area contributed by atoms with Crippen molar-refractivity contribution in [3.63, 3.8) is 0 Å². The first-order chi connectivity index (χ1) is 8.29. The summed E-state index contributed by atoms with van der Waals surface area (Å²) in [7, 11) is 0. The van der Waals surface area contributed by atoms with Crippen LogP contribution in [0.5, 0.6) is 5.75 Å². The predicted octanol–water partition coefficient (Wildman–Crippen LogP) is 3.63. The largest absolute Gasteiger partial charge is 0.490 e. The van der Waals surface area contributed by atoms with E-state index in [9.17, 15) is 0 Å². The van der Waals surface area contributed by atoms with E-state index >= 15 is 0 Å². The zero-order valence-electron chi connectivity index (χ0n) is 10.1. The number of ether oxygens (including phenoxy) is 1. The summed E-state index contributed by atoms with van der Waals surface area (Å²) in [5.74, 6) is 1.40. The Kier molecular flexibility index (Phi) is 4.69. The van der Waals surface area contributed by atoms with Gasteiger partial charge in [-0.25, -0.2) is 0 Å². The molecule has 1 saturated carbocycles. The minimum absolute atomic E-state index is 0.267. The Hall–Kier alpha value is -0.730. The lowest BCUT2D eigenvalue weighted by atomic mass is 9.97. The minimum atomic E-state index is 0.267. The number of hydrogen-bond acceptors (Lipinski definition) is 2. The topological polar surface area (TPSA) is 35.2 Å². The van der Waals surface area contributed by atoms with Crippen molar-refractivity contribution in [3.05, 3.63) is 29.3 Å². The van der Waals surface area contributed by atoms with Crippen molar-refractivity contribution in [1.29, 1.82) is 0 Å². The summed E-state index contributed by atoms with van der Waals surface area (Å²) in [5.41, 5.74) is 5.84. The number of halogens is 1. The van der Waals surface area contributed by atoms with Gasteiger partial charge in [-0.3, -0.25) is 0 Å². The van der Waals surface area contributed by atoms with Crippen LogP contribution < -0.4 is 10.5 Å². The molecule has 1 aliphatic carbocycles. The SMILES string of the molecule is NCC1CCCCCC1Oc1ccc(Cl)cc1. The van der Waals surface area contributed by atoms with E-state index in [0.29, 0.717) is 5.92 Å². The maximum atomic E-state index is 6.06. The van der Waals surface area contributed by atoms with Gasteiger partial charge in [0.1, 0.15) is 11.9 Å². The lowest BCUT2D eigenvalue weighted by Gasteiger charge is -2.25. The minimum Gasteiger partial charge on any atom is -0.490 e. The summed E-state index contributed by atoms with van der Waals surface area (Å²) in [6.45, 7) is 0.720. The molecule has 3 heteroatoms. The third-order valence-corrected chi connectivity index (χ3v) is 3.75. The summed E-state index contributed by atoms with van der Waals surface area (Å²) < 4.78 is 6.06. The number of nitrogens with two attached hydrogens (primary N) is 1. The quantitative estimate of drug-likeness (QED) is 0.835. The Bertz CT molecular complexity index is 339. The van der Waals surface area contributed by atoms with E-state index in [1.807, 2.05) is 24.3 Å². The molecular weight excluding hydrogens is 234 g/mol. The van der Waals surface area contributed by atoms with Gasteiger partial charge in [-0.1, -0.05) is 24.4 Å². The van der Waals surface area contributed by atoms with Crippen LogP contribution in [-0.2, 0) is 0 Å². The van der Waals surface area contributed by atoms with Crippen molar-refractivity contribution >= 4 is 11.6 Å². The molecule has 1 aromatic rings. The van der Waals surface area contributed by atoms with Crippen LogP contribution in [-0.4, -0.2) is 12.6 Å². The fourth-order valence-electron chi connectivity index (χ4n) is 2.46. The highest BCUT2D eigenvalue weighted by molar-refractivity contribution is 6.30. The average Bonchev–Trinajstić information content (AvgIpc) is 2.57. The fourth-order valence-corrected chi connectivity index (χ4v) is 2.59. The average molecular weight is 254 g/mol. The first-order valence-corrected chi connectivity index (χ1v) is 6.79. The Balaban J connectivity index is 2.01. The van der Waals surface area contributed by atoms with E-state index in [1.54, 1.807) is 0 Å². The molecule has 2 nitrogen and oxygen atoms in total. The third kappa shape index (κ3) is 3.62. The molecule has 0 heterocycles. The molecule has 1 aromatic carbocycles. The lowest BCUT2D eigenvalue weighted by molar-refractivity contribution is 0.129. The van der Waals surface area contributed by atoms with Gasteiger partial charge in [0.05, 0.1) is 0 Å². The zero-order valence-corrected chi connectivity index (χ0v) is 10.8. The molecule has 0 spiro atoms. The molecule has 0 amide bonds. The molecule has 0 saturated heterocycles. The van der Waals surface area contributed by atoms with Crippen LogP contribution in [0.1, 0.15) is 32.1 Å². The summed E-state index contributed by atoms with van der Waals surface area (Å²) in [5, 5.41) is 0.744. The Labute approximate surface area is 108 Å². The van der Waals surface area contributed by atoms with Crippen molar-refractivity contribution < 1.29 is 4.74 Å². The first kappa shape index (κ1) is 12.7. The Morgan fingerprint density at radius 2 is 1.82 bits per heavy atom. The van der Waals surface area contributed by atoms with Gasteiger partial charge in [-0.05, 0) is 50.1 Å². The third-order valence-electron chi connectivity index (χ3n) is 3.49. The second-order valence-corrected chi connectivity index (χ2v) is 5.18. The van der Waals surface area contributed by atoms with Crippen LogP contribution in [0.15, 0.2) is 24.3 Å². The van der Waals surface area contributed by atoms with Gasteiger partial charge >= 0.3 is 0 Å². The molecule has 1 aliphatic rings. The summed E-state index contributed by atoms with van der Waals surface area (Å²) in [4.78, 5) is 0. The van der Waals surface area contributed by atoms with Crippen LogP contribution in [0.4, 0.5) is 0 Å². The maximum Gasteiger partial charge on any atom is 0.119 e. The molecule has 1 fully saturated rings. The molecule has 17 heavy (non-hydrogen) atoms. The van der Waals surface area contributed by atoms with Crippen molar-refractivity contribution in [2.24, 2.45) is 11.7 Å². The van der Waals surface area contributed by atoms with Gasteiger partial charge in [0.15, 0.2) is 0 Å². The standard InChI is InChI=1S/C14H20ClNO/c15-12-6-8-13(9-7-12)17-14-5-3-1-2-4-11(14)10-16/h6-9,11,14H,1-5,10,16H2. The molecule has 2 unspecified atom stereocenters. The van der Waals surface area contributed by atoms with E-state index < -0.39 is 0 Å². The summed E-state index contributed by atoms with van der Waals surface area (Å²) in [6, 6.07) is 7.59. The van der Waals surface area contributed by atoms with Crippen LogP contribution in [0, 0.1) is 5.92 Å². The van der Waals surface area contributed by atoms with Crippen molar-refractivity contribution in [2.75, 3.05) is 6.54 Å². The molecule has 2 atom stereocenters. The molecule has 0 radical (unpaired) electrons. The summed E-state index contributed by atoms with van der Waals surface area (Å²) >= 11 is 5.86. The van der Waals surface area contributed by atoms with Crippen molar-refractivity contribution in [1.82, 2.24) is 0 Å². The second-order valence-electron chi connectivity index (χ2n) is 4.74. The highest BCUT2D eigenvalue weighted by Gasteiger charge is 2.24. The van der Waals surface area contributed by atoms with Crippen LogP contribution in [0.25, 0.3) is 0 Å². The van der Waals surface area contributed by atoms with E-state index in [4.69, 9.17) is 22.1 Å². The molecule has 94 valence electrons. The van der Waals surface area contributed by atoms with Gasteiger partial charge in [0, 0.05) is 10.9 Å². The molecule has 0 bridgehead atoms. The maximum absolute atomic E-state index is 6.06. The highest BCUT2D eigenvalue weighted by atomic mass is 35.5. The van der Waals surface area contributed by atoms with Crippen molar-refractivity contribution in [2.45, 2.75) is 38.2 Å². The van der Waals surface area contributed by atoms with Crippen LogP contribution in [0.3, 0.4) is 0 Å². The molecule has 2 rings (SSSR count). The van der Waals surface area contributed by atoms with Gasteiger partial charge in [-0.15, -0.1) is 0 Å². The number of hydrogen-bond donors (Lipinski definition) is 1. The molecule has 2 N–H and O–H groups in total. The molecule has 0 aliphatic heterocycles. The van der Waals surface area contributed by atoms with Gasteiger partial charge in [-0.2, -0.15) is 0 Å². The first-order valence-electron chi connectivity index (χ1n) is 6.42. The fraction of sp³-hybridized carbons (Fsp3) is 0.571. The van der Waals surface area contributed by atoms with Crippen molar-refractivity contribution in [3.8, 4) is 5.75 Å². The number of rotatable bonds is 3. The smallest absolute Gasteiger partial charge is 0.119 e. The second kappa shape index (κ2) is 6.27. The highest BCUT2D eigenvalue weighted by Crippen LogP contribution is 2.27. The Morgan fingerprint density at radius 3 is 2.53 bits per heavy atom. The van der Waals surface area contributed by atoms with E-state index in [1.165, 1.54) is 25.7 Å². The van der Waals surface area contributed by atoms with E-state index in [0.717, 1.165) is 23.7 Å². The molecule has 0 aromatic heterocycles. The van der Waals surface area contributed by atoms with Gasteiger partial charge in [0.2, 0.25) is 0 Å². The van der Waals surface area contributed by atoms with Gasteiger partial charge < -0.3 is 10.5 Å².